The van der Waals surface area contributed by atoms with E-state index in [0.29, 0.717) is 19.6 Å². The second-order valence-electron chi connectivity index (χ2n) is 7.51. The lowest BCUT2D eigenvalue weighted by molar-refractivity contribution is -0.136. The standard InChI is InChI=1S/C21H22FN3O4/c1-29-12-19(26)25-10-14-9-24(16-5-6-23-18(8-16)21(27)28)11-17(14)20(25)13-3-2-4-15(22)7-13/h2-8,14,17,20H,9-12H2,1H3,(H,27,28)/t14-,17-,20+/m1/s1. The maximum Gasteiger partial charge on any atom is 0.354 e. The number of methoxy groups -OCH3 is 1. The first kappa shape index (κ1) is 19.3. The molecule has 1 amide bonds. The van der Waals surface area contributed by atoms with Gasteiger partial charge in [0.05, 0.1) is 6.04 Å². The van der Waals surface area contributed by atoms with E-state index in [-0.39, 0.29) is 41.9 Å². The molecular weight excluding hydrogens is 377 g/mol. The highest BCUT2D eigenvalue weighted by Crippen LogP contribution is 2.46. The number of amides is 1. The Kier molecular flexibility index (Phi) is 5.19. The predicted octanol–water partition coefficient (Wildman–Crippen LogP) is 2.20. The van der Waals surface area contributed by atoms with E-state index >= 15 is 0 Å². The zero-order chi connectivity index (χ0) is 20.5. The van der Waals surface area contributed by atoms with E-state index in [1.165, 1.54) is 25.4 Å². The van der Waals surface area contributed by atoms with Crippen LogP contribution in [0.15, 0.2) is 42.6 Å². The molecule has 29 heavy (non-hydrogen) atoms. The Bertz CT molecular complexity index is 938. The van der Waals surface area contributed by atoms with E-state index in [4.69, 9.17) is 4.74 Å². The number of likely N-dealkylation sites (tertiary alicyclic amines) is 1. The molecule has 0 spiro atoms. The van der Waals surface area contributed by atoms with E-state index in [2.05, 4.69) is 9.88 Å². The number of benzene rings is 1. The normalized spacial score (nSPS) is 23.3. The van der Waals surface area contributed by atoms with Crippen LogP contribution in [0.4, 0.5) is 10.1 Å². The average Bonchev–Trinajstić information content (AvgIpc) is 3.26. The number of hydrogen-bond donors (Lipinski definition) is 1. The molecule has 3 atom stereocenters. The number of pyridine rings is 1. The van der Waals surface area contributed by atoms with E-state index in [0.717, 1.165) is 11.3 Å². The SMILES string of the molecule is COCC(=O)N1C[C@H]2CN(c3ccnc(C(=O)O)c3)C[C@H]2[C@@H]1c1cccc(F)c1. The number of halogens is 1. The number of aromatic nitrogens is 1. The number of carboxylic acids is 1. The monoisotopic (exact) mass is 399 g/mol. The zero-order valence-corrected chi connectivity index (χ0v) is 16.0. The van der Waals surface area contributed by atoms with Crippen LogP contribution in [-0.4, -0.2) is 60.2 Å². The molecule has 152 valence electrons. The number of hydrogen-bond acceptors (Lipinski definition) is 5. The van der Waals surface area contributed by atoms with Crippen LogP contribution in [0.2, 0.25) is 0 Å². The Morgan fingerprint density at radius 1 is 1.24 bits per heavy atom. The van der Waals surface area contributed by atoms with Crippen LogP contribution in [0.3, 0.4) is 0 Å². The van der Waals surface area contributed by atoms with Crippen molar-refractivity contribution in [2.75, 3.05) is 38.3 Å². The van der Waals surface area contributed by atoms with Crippen molar-refractivity contribution in [3.8, 4) is 0 Å². The van der Waals surface area contributed by atoms with Crippen molar-refractivity contribution < 1.29 is 23.8 Å². The summed E-state index contributed by atoms with van der Waals surface area (Å²) in [7, 11) is 1.48. The minimum atomic E-state index is -1.07. The summed E-state index contributed by atoms with van der Waals surface area (Å²) >= 11 is 0. The van der Waals surface area contributed by atoms with Gasteiger partial charge in [0.25, 0.3) is 0 Å². The van der Waals surface area contributed by atoms with Crippen molar-refractivity contribution >= 4 is 17.6 Å². The predicted molar refractivity (Wildman–Crippen MR) is 103 cm³/mol. The van der Waals surface area contributed by atoms with E-state index in [9.17, 15) is 19.1 Å². The Morgan fingerprint density at radius 3 is 2.79 bits per heavy atom. The van der Waals surface area contributed by atoms with Gasteiger partial charge in [0.15, 0.2) is 0 Å². The van der Waals surface area contributed by atoms with Crippen molar-refractivity contribution in [2.24, 2.45) is 11.8 Å². The molecule has 7 nitrogen and oxygen atoms in total. The third-order valence-electron chi connectivity index (χ3n) is 5.77. The number of rotatable bonds is 5. The maximum absolute atomic E-state index is 13.9. The van der Waals surface area contributed by atoms with Crippen LogP contribution in [0.25, 0.3) is 0 Å². The molecule has 0 bridgehead atoms. The third-order valence-corrected chi connectivity index (χ3v) is 5.77. The van der Waals surface area contributed by atoms with Crippen molar-refractivity contribution in [3.05, 3.63) is 59.7 Å². The molecule has 2 aliphatic rings. The molecule has 0 radical (unpaired) electrons. The molecule has 1 aromatic carbocycles. The molecule has 2 fully saturated rings. The first-order valence-electron chi connectivity index (χ1n) is 9.46. The number of carbonyl (C=O) groups is 2. The fourth-order valence-electron chi connectivity index (χ4n) is 4.57. The molecule has 2 aliphatic heterocycles. The van der Waals surface area contributed by atoms with Crippen LogP contribution in [0.1, 0.15) is 22.1 Å². The van der Waals surface area contributed by atoms with Gasteiger partial charge in [-0.25, -0.2) is 14.2 Å². The molecule has 8 heteroatoms. The third kappa shape index (κ3) is 3.67. The number of anilines is 1. The molecule has 2 saturated heterocycles. The molecule has 1 N–H and O–H groups in total. The lowest BCUT2D eigenvalue weighted by Crippen LogP contribution is -2.37. The van der Waals surface area contributed by atoms with Crippen molar-refractivity contribution in [3.63, 3.8) is 0 Å². The molecule has 1 aromatic heterocycles. The van der Waals surface area contributed by atoms with Crippen LogP contribution >= 0.6 is 0 Å². The van der Waals surface area contributed by atoms with Crippen LogP contribution in [0, 0.1) is 17.7 Å². The summed E-state index contributed by atoms with van der Waals surface area (Å²) in [6.07, 6.45) is 1.49. The molecule has 0 saturated carbocycles. The van der Waals surface area contributed by atoms with Gasteiger partial charge in [0.1, 0.15) is 18.1 Å². The van der Waals surface area contributed by atoms with E-state index < -0.39 is 5.97 Å². The summed E-state index contributed by atoms with van der Waals surface area (Å²) in [5, 5.41) is 9.20. The minimum Gasteiger partial charge on any atom is -0.477 e. The Hall–Kier alpha value is -3.00. The summed E-state index contributed by atoms with van der Waals surface area (Å²) in [6.45, 7) is 1.88. The highest BCUT2D eigenvalue weighted by molar-refractivity contribution is 5.86. The van der Waals surface area contributed by atoms with Gasteiger partial charge in [0, 0.05) is 50.5 Å². The largest absolute Gasteiger partial charge is 0.477 e. The van der Waals surface area contributed by atoms with Crippen LogP contribution in [0.5, 0.6) is 0 Å². The fraction of sp³-hybridized carbons (Fsp3) is 0.381. The maximum atomic E-state index is 13.9. The first-order valence-corrected chi connectivity index (χ1v) is 9.46. The molecule has 4 rings (SSSR count). The van der Waals surface area contributed by atoms with Crippen molar-refractivity contribution in [1.82, 2.24) is 9.88 Å². The second kappa shape index (κ2) is 7.79. The summed E-state index contributed by atoms with van der Waals surface area (Å²) in [5.74, 6) is -1.20. The average molecular weight is 399 g/mol. The van der Waals surface area contributed by atoms with Gasteiger partial charge < -0.3 is 19.6 Å². The van der Waals surface area contributed by atoms with Gasteiger partial charge in [-0.1, -0.05) is 12.1 Å². The van der Waals surface area contributed by atoms with Gasteiger partial charge in [-0.05, 0) is 29.8 Å². The molecule has 0 aliphatic carbocycles. The molecule has 3 heterocycles. The molecule has 2 aromatic rings. The lowest BCUT2D eigenvalue weighted by Gasteiger charge is -2.30. The zero-order valence-electron chi connectivity index (χ0n) is 16.0. The Balaban J connectivity index is 1.63. The number of nitrogens with zero attached hydrogens (tertiary/aromatic N) is 3. The number of fused-ring (bicyclic) bond motifs is 1. The summed E-state index contributed by atoms with van der Waals surface area (Å²) in [5.41, 5.74) is 1.56. The first-order chi connectivity index (χ1) is 14.0. The Morgan fingerprint density at radius 2 is 2.07 bits per heavy atom. The van der Waals surface area contributed by atoms with Crippen molar-refractivity contribution in [1.29, 1.82) is 0 Å². The van der Waals surface area contributed by atoms with Gasteiger partial charge in [0.2, 0.25) is 5.91 Å². The quantitative estimate of drug-likeness (QED) is 0.830. The second-order valence-corrected chi connectivity index (χ2v) is 7.51. The molecule has 0 unspecified atom stereocenters. The summed E-state index contributed by atoms with van der Waals surface area (Å²) in [4.78, 5) is 31.7. The smallest absolute Gasteiger partial charge is 0.354 e. The van der Waals surface area contributed by atoms with E-state index in [1.807, 2.05) is 6.07 Å². The Labute approximate surface area is 167 Å². The van der Waals surface area contributed by atoms with Crippen LogP contribution < -0.4 is 4.90 Å². The summed E-state index contributed by atoms with van der Waals surface area (Å²) in [6, 6.07) is 9.49. The van der Waals surface area contributed by atoms with Crippen molar-refractivity contribution in [2.45, 2.75) is 6.04 Å². The fourth-order valence-corrected chi connectivity index (χ4v) is 4.57. The van der Waals surface area contributed by atoms with Gasteiger partial charge in [-0.3, -0.25) is 4.79 Å². The minimum absolute atomic E-state index is 0.00172. The number of carbonyl (C=O) groups excluding carboxylic acids is 1. The lowest BCUT2D eigenvalue weighted by atomic mass is 9.89. The topological polar surface area (TPSA) is 83.0 Å². The highest BCUT2D eigenvalue weighted by atomic mass is 19.1. The highest BCUT2D eigenvalue weighted by Gasteiger charge is 2.49. The molecular formula is C21H22FN3O4. The summed E-state index contributed by atoms with van der Waals surface area (Å²) < 4.78 is 18.9. The number of ether oxygens (including phenoxy) is 1. The number of aromatic carboxylic acids is 1. The van der Waals surface area contributed by atoms with Gasteiger partial charge in [-0.15, -0.1) is 0 Å². The van der Waals surface area contributed by atoms with Gasteiger partial charge in [-0.2, -0.15) is 0 Å². The number of carboxylic acid groups (broad SMARTS) is 1. The van der Waals surface area contributed by atoms with Crippen LogP contribution in [-0.2, 0) is 9.53 Å². The van der Waals surface area contributed by atoms with Gasteiger partial charge >= 0.3 is 5.97 Å². The van der Waals surface area contributed by atoms with E-state index in [1.54, 1.807) is 23.1 Å².